The van der Waals surface area contributed by atoms with Crippen molar-refractivity contribution in [2.24, 2.45) is 4.99 Å². The van der Waals surface area contributed by atoms with Crippen LogP contribution in [0.5, 0.6) is 0 Å². The van der Waals surface area contributed by atoms with Crippen molar-refractivity contribution in [3.63, 3.8) is 0 Å². The van der Waals surface area contributed by atoms with Crippen molar-refractivity contribution in [2.75, 3.05) is 0 Å². The zero-order chi connectivity index (χ0) is 17.9. The number of carbonyl (C=O) groups excluding carboxylic acids is 1. The lowest BCUT2D eigenvalue weighted by molar-refractivity contribution is 0.0951. The molecule has 1 aliphatic rings. The summed E-state index contributed by atoms with van der Waals surface area (Å²) in [5.41, 5.74) is 3.75. The number of nitrogens with one attached hydrogen (secondary N) is 1. The van der Waals surface area contributed by atoms with Crippen LogP contribution in [0.4, 0.5) is 5.69 Å². The lowest BCUT2D eigenvalue weighted by Crippen LogP contribution is -2.22. The van der Waals surface area contributed by atoms with Gasteiger partial charge >= 0.3 is 0 Å². The SMILES string of the molecule is CCC1=Nc2cc(C(=O)NCc3cccs3)ccc2Sc2ccccc21. The first-order chi connectivity index (χ1) is 12.7. The van der Waals surface area contributed by atoms with Crippen LogP contribution < -0.4 is 5.32 Å². The van der Waals surface area contributed by atoms with E-state index < -0.39 is 0 Å². The summed E-state index contributed by atoms with van der Waals surface area (Å²) in [4.78, 5) is 20.8. The summed E-state index contributed by atoms with van der Waals surface area (Å²) in [6.45, 7) is 2.67. The standard InChI is InChI=1S/C21H18N2OS2/c1-2-17-16-7-3-4-8-19(16)26-20-10-9-14(12-18(20)23-17)21(24)22-13-15-6-5-11-25-15/h3-12H,2,13H2,1H3,(H,22,24). The third-order valence-corrected chi connectivity index (χ3v) is 6.25. The zero-order valence-corrected chi connectivity index (χ0v) is 16.0. The van der Waals surface area contributed by atoms with Crippen LogP contribution in [0.15, 0.2) is 74.8 Å². The fourth-order valence-corrected chi connectivity index (χ4v) is 4.57. The van der Waals surface area contributed by atoms with Crippen molar-refractivity contribution < 1.29 is 4.79 Å². The first kappa shape index (κ1) is 17.1. The van der Waals surface area contributed by atoms with Crippen LogP contribution in [-0.2, 0) is 6.54 Å². The van der Waals surface area contributed by atoms with Gasteiger partial charge in [0.05, 0.1) is 12.2 Å². The summed E-state index contributed by atoms with van der Waals surface area (Å²) in [6, 6.07) is 18.1. The number of nitrogens with zero attached hydrogens (tertiary/aromatic N) is 1. The smallest absolute Gasteiger partial charge is 0.251 e. The Hall–Kier alpha value is -2.37. The van der Waals surface area contributed by atoms with E-state index in [1.54, 1.807) is 23.1 Å². The summed E-state index contributed by atoms with van der Waals surface area (Å²) < 4.78 is 0. The molecular formula is C21H18N2OS2. The predicted octanol–water partition coefficient (Wildman–Crippen LogP) is 5.67. The lowest BCUT2D eigenvalue weighted by Gasteiger charge is -2.07. The van der Waals surface area contributed by atoms with Crippen molar-refractivity contribution in [3.05, 3.63) is 76.0 Å². The average molecular weight is 379 g/mol. The number of rotatable bonds is 4. The Morgan fingerprint density at radius 1 is 1.08 bits per heavy atom. The minimum atomic E-state index is -0.0683. The highest BCUT2D eigenvalue weighted by Crippen LogP contribution is 2.41. The summed E-state index contributed by atoms with van der Waals surface area (Å²) in [5, 5.41) is 5.00. The normalized spacial score (nSPS) is 12.6. The molecule has 0 spiro atoms. The van der Waals surface area contributed by atoms with Crippen LogP contribution in [-0.4, -0.2) is 11.6 Å². The van der Waals surface area contributed by atoms with E-state index in [0.717, 1.165) is 27.6 Å². The van der Waals surface area contributed by atoms with Crippen molar-refractivity contribution in [3.8, 4) is 0 Å². The minimum Gasteiger partial charge on any atom is -0.347 e. The van der Waals surface area contributed by atoms with Gasteiger partial charge in [-0.1, -0.05) is 43.0 Å². The third kappa shape index (κ3) is 3.45. The molecule has 0 atom stereocenters. The van der Waals surface area contributed by atoms with Crippen LogP contribution in [0.2, 0.25) is 0 Å². The molecule has 0 saturated carbocycles. The molecule has 0 radical (unpaired) electrons. The molecule has 1 amide bonds. The van der Waals surface area contributed by atoms with E-state index in [4.69, 9.17) is 4.99 Å². The largest absolute Gasteiger partial charge is 0.347 e. The van der Waals surface area contributed by atoms with Gasteiger partial charge < -0.3 is 5.32 Å². The monoisotopic (exact) mass is 378 g/mol. The van der Waals surface area contributed by atoms with E-state index in [2.05, 4.69) is 30.4 Å². The number of hydrogen-bond donors (Lipinski definition) is 1. The second-order valence-electron chi connectivity index (χ2n) is 5.95. The first-order valence-electron chi connectivity index (χ1n) is 8.54. The number of carbonyl (C=O) groups is 1. The van der Waals surface area contributed by atoms with E-state index in [9.17, 15) is 4.79 Å². The van der Waals surface area contributed by atoms with Crippen molar-refractivity contribution in [1.82, 2.24) is 5.32 Å². The Labute approximate surface area is 161 Å². The van der Waals surface area contributed by atoms with Gasteiger partial charge in [0, 0.05) is 31.5 Å². The van der Waals surface area contributed by atoms with Crippen molar-refractivity contribution in [1.29, 1.82) is 0 Å². The molecule has 26 heavy (non-hydrogen) atoms. The van der Waals surface area contributed by atoms with Gasteiger partial charge in [-0.3, -0.25) is 9.79 Å². The minimum absolute atomic E-state index is 0.0683. The van der Waals surface area contributed by atoms with E-state index in [1.807, 2.05) is 41.8 Å². The number of amides is 1. The van der Waals surface area contributed by atoms with Crippen LogP contribution >= 0.6 is 23.1 Å². The molecule has 2 aromatic carbocycles. The van der Waals surface area contributed by atoms with Crippen molar-refractivity contribution >= 4 is 40.4 Å². The van der Waals surface area contributed by atoms with Crippen LogP contribution in [0.3, 0.4) is 0 Å². The molecule has 5 heteroatoms. The maximum absolute atomic E-state index is 12.5. The maximum Gasteiger partial charge on any atom is 0.251 e. The quantitative estimate of drug-likeness (QED) is 0.635. The second kappa shape index (κ2) is 7.48. The molecular weight excluding hydrogens is 360 g/mol. The molecule has 0 fully saturated rings. The summed E-state index contributed by atoms with van der Waals surface area (Å²) in [7, 11) is 0. The molecule has 3 aromatic rings. The number of thiophene rings is 1. The molecule has 4 rings (SSSR count). The fraction of sp³-hybridized carbons (Fsp3) is 0.143. The van der Waals surface area contributed by atoms with Crippen LogP contribution in [0.1, 0.15) is 34.1 Å². The highest BCUT2D eigenvalue weighted by molar-refractivity contribution is 7.99. The highest BCUT2D eigenvalue weighted by Gasteiger charge is 2.17. The number of benzene rings is 2. The molecule has 0 bridgehead atoms. The van der Waals surface area contributed by atoms with E-state index >= 15 is 0 Å². The third-order valence-electron chi connectivity index (χ3n) is 4.23. The van der Waals surface area contributed by atoms with E-state index in [-0.39, 0.29) is 5.91 Å². The average Bonchev–Trinajstić information content (AvgIpc) is 3.13. The first-order valence-corrected chi connectivity index (χ1v) is 10.2. The van der Waals surface area contributed by atoms with Gasteiger partial charge in [-0.2, -0.15) is 0 Å². The van der Waals surface area contributed by atoms with Gasteiger partial charge in [-0.05, 0) is 42.1 Å². The number of fused-ring (bicyclic) bond motifs is 2. The zero-order valence-electron chi connectivity index (χ0n) is 14.4. The Bertz CT molecular complexity index is 977. The summed E-state index contributed by atoms with van der Waals surface area (Å²) in [5.74, 6) is -0.0683. The van der Waals surface area contributed by atoms with Gasteiger partial charge in [0.2, 0.25) is 0 Å². The molecule has 1 N–H and O–H groups in total. The molecule has 3 nitrogen and oxygen atoms in total. The van der Waals surface area contributed by atoms with Crippen LogP contribution in [0.25, 0.3) is 0 Å². The summed E-state index contributed by atoms with van der Waals surface area (Å²) >= 11 is 3.35. The highest BCUT2D eigenvalue weighted by atomic mass is 32.2. The van der Waals surface area contributed by atoms with Gasteiger partial charge in [0.1, 0.15) is 0 Å². The van der Waals surface area contributed by atoms with E-state index in [1.165, 1.54) is 10.5 Å². The van der Waals surface area contributed by atoms with Gasteiger partial charge in [-0.15, -0.1) is 11.3 Å². The van der Waals surface area contributed by atoms with Crippen molar-refractivity contribution in [2.45, 2.75) is 29.7 Å². The van der Waals surface area contributed by atoms with Gasteiger partial charge in [0.25, 0.3) is 5.91 Å². The van der Waals surface area contributed by atoms with Gasteiger partial charge in [-0.25, -0.2) is 0 Å². The number of aliphatic imine (C=N–C) groups is 1. The summed E-state index contributed by atoms with van der Waals surface area (Å²) in [6.07, 6.45) is 0.853. The molecule has 130 valence electrons. The lowest BCUT2D eigenvalue weighted by atomic mass is 10.1. The Morgan fingerprint density at radius 2 is 1.96 bits per heavy atom. The molecule has 0 unspecified atom stereocenters. The topological polar surface area (TPSA) is 41.5 Å². The Kier molecular flexibility index (Phi) is 4.91. The Morgan fingerprint density at radius 3 is 2.77 bits per heavy atom. The van der Waals surface area contributed by atoms with E-state index in [0.29, 0.717) is 12.1 Å². The number of hydrogen-bond acceptors (Lipinski definition) is 4. The predicted molar refractivity (Wildman–Crippen MR) is 109 cm³/mol. The molecule has 0 saturated heterocycles. The second-order valence-corrected chi connectivity index (χ2v) is 8.07. The maximum atomic E-state index is 12.5. The van der Waals surface area contributed by atoms with Gasteiger partial charge in [0.15, 0.2) is 0 Å². The molecule has 2 heterocycles. The molecule has 1 aliphatic heterocycles. The van der Waals surface area contributed by atoms with Crippen LogP contribution in [0, 0.1) is 0 Å². The molecule has 0 aliphatic carbocycles. The fourth-order valence-electron chi connectivity index (χ4n) is 2.90. The Balaban J connectivity index is 1.63. The molecule has 1 aromatic heterocycles.